The predicted octanol–water partition coefficient (Wildman–Crippen LogP) is 3.65. The second-order valence-corrected chi connectivity index (χ2v) is 5.15. The summed E-state index contributed by atoms with van der Waals surface area (Å²) >= 11 is 0. The zero-order valence-corrected chi connectivity index (χ0v) is 11.4. The van der Waals surface area contributed by atoms with E-state index < -0.39 is 0 Å². The van der Waals surface area contributed by atoms with E-state index in [1.165, 1.54) is 5.56 Å². The van der Waals surface area contributed by atoms with Gasteiger partial charge in [0.15, 0.2) is 0 Å². The Balaban J connectivity index is 2.03. The quantitative estimate of drug-likeness (QED) is 0.841. The first-order valence-corrected chi connectivity index (χ1v) is 6.75. The van der Waals surface area contributed by atoms with Crippen molar-refractivity contribution in [3.8, 4) is 11.1 Å². The highest BCUT2D eigenvalue weighted by molar-refractivity contribution is 5.70. The number of hydrogen-bond acceptors (Lipinski definition) is 3. The molecule has 3 rings (SSSR count). The Bertz CT molecular complexity index is 659. The van der Waals surface area contributed by atoms with Crippen LogP contribution in [0.4, 0.5) is 5.69 Å². The van der Waals surface area contributed by atoms with Crippen LogP contribution in [0, 0.1) is 5.92 Å². The van der Waals surface area contributed by atoms with Gasteiger partial charge in [-0.2, -0.15) is 0 Å². The average Bonchev–Trinajstić information content (AvgIpc) is 2.48. The van der Waals surface area contributed by atoms with Crippen LogP contribution in [0.15, 0.2) is 60.0 Å². The standard InChI is InChI=1S/C17H17N3/c1-12-11-20-7-4-17(12)15-8-14(9-16(18)10-15)13-2-5-19-6-3-13/h2-12,17H,18H2,1H3. The number of nitrogens with zero attached hydrogens (tertiary/aromatic N) is 2. The SMILES string of the molecule is CC1C=NC=CC1c1cc(N)cc(-c2ccncc2)c1. The van der Waals surface area contributed by atoms with E-state index in [1.54, 1.807) is 12.4 Å². The summed E-state index contributed by atoms with van der Waals surface area (Å²) in [7, 11) is 0. The van der Waals surface area contributed by atoms with Gasteiger partial charge in [0.2, 0.25) is 0 Å². The molecular weight excluding hydrogens is 246 g/mol. The molecule has 0 amide bonds. The van der Waals surface area contributed by atoms with Gasteiger partial charge in [-0.05, 0) is 41.0 Å². The van der Waals surface area contributed by atoms with E-state index in [1.807, 2.05) is 30.6 Å². The smallest absolute Gasteiger partial charge is 0.0323 e. The molecule has 0 radical (unpaired) electrons. The Hall–Kier alpha value is -2.42. The Kier molecular flexibility index (Phi) is 3.33. The van der Waals surface area contributed by atoms with Crippen molar-refractivity contribution in [3.05, 3.63) is 60.6 Å². The zero-order valence-electron chi connectivity index (χ0n) is 11.4. The van der Waals surface area contributed by atoms with Gasteiger partial charge in [-0.3, -0.25) is 9.98 Å². The number of nitrogen functional groups attached to an aromatic ring is 1. The number of anilines is 1. The largest absolute Gasteiger partial charge is 0.399 e. The lowest BCUT2D eigenvalue weighted by molar-refractivity contribution is 0.682. The maximum Gasteiger partial charge on any atom is 0.0323 e. The first-order valence-electron chi connectivity index (χ1n) is 6.75. The molecule has 20 heavy (non-hydrogen) atoms. The molecule has 1 aliphatic heterocycles. The van der Waals surface area contributed by atoms with Crippen LogP contribution in [0.5, 0.6) is 0 Å². The predicted molar refractivity (Wildman–Crippen MR) is 83.6 cm³/mol. The van der Waals surface area contributed by atoms with Crippen LogP contribution in [0.3, 0.4) is 0 Å². The number of pyridine rings is 1. The first-order chi connectivity index (χ1) is 9.74. The normalized spacial score (nSPS) is 21.1. The number of hydrogen-bond donors (Lipinski definition) is 1. The molecule has 2 unspecified atom stereocenters. The molecule has 3 nitrogen and oxygen atoms in total. The fourth-order valence-electron chi connectivity index (χ4n) is 2.59. The van der Waals surface area contributed by atoms with Gasteiger partial charge >= 0.3 is 0 Å². The number of rotatable bonds is 2. The minimum Gasteiger partial charge on any atom is -0.399 e. The van der Waals surface area contributed by atoms with E-state index >= 15 is 0 Å². The molecule has 2 atom stereocenters. The van der Waals surface area contributed by atoms with E-state index in [0.29, 0.717) is 11.8 Å². The summed E-state index contributed by atoms with van der Waals surface area (Å²) in [6.45, 7) is 2.17. The second kappa shape index (κ2) is 5.29. The lowest BCUT2D eigenvalue weighted by atomic mass is 9.85. The van der Waals surface area contributed by atoms with Crippen LogP contribution >= 0.6 is 0 Å². The highest BCUT2D eigenvalue weighted by Crippen LogP contribution is 2.32. The minimum absolute atomic E-state index is 0.330. The third-order valence-electron chi connectivity index (χ3n) is 3.64. The molecule has 0 fully saturated rings. The molecule has 0 saturated heterocycles. The van der Waals surface area contributed by atoms with Gasteiger partial charge in [0.05, 0.1) is 0 Å². The number of benzene rings is 1. The fraction of sp³-hybridized carbons (Fsp3) is 0.176. The topological polar surface area (TPSA) is 51.3 Å². The van der Waals surface area contributed by atoms with Gasteiger partial charge in [0, 0.05) is 42.3 Å². The van der Waals surface area contributed by atoms with Gasteiger partial charge in [-0.15, -0.1) is 0 Å². The molecule has 1 aromatic heterocycles. The molecule has 0 saturated carbocycles. The van der Waals surface area contributed by atoms with Gasteiger partial charge in [-0.25, -0.2) is 0 Å². The van der Waals surface area contributed by atoms with Gasteiger partial charge in [-0.1, -0.05) is 19.1 Å². The highest BCUT2D eigenvalue weighted by Gasteiger charge is 2.18. The summed E-state index contributed by atoms with van der Waals surface area (Å²) < 4.78 is 0. The Morgan fingerprint density at radius 2 is 1.85 bits per heavy atom. The van der Waals surface area contributed by atoms with Crippen LogP contribution in [-0.2, 0) is 0 Å². The van der Waals surface area contributed by atoms with Crippen LogP contribution in [0.25, 0.3) is 11.1 Å². The van der Waals surface area contributed by atoms with E-state index in [-0.39, 0.29) is 0 Å². The Morgan fingerprint density at radius 3 is 2.60 bits per heavy atom. The van der Waals surface area contributed by atoms with E-state index in [4.69, 9.17) is 5.73 Å². The van der Waals surface area contributed by atoms with Crippen molar-refractivity contribution in [2.24, 2.45) is 10.9 Å². The monoisotopic (exact) mass is 263 g/mol. The summed E-state index contributed by atoms with van der Waals surface area (Å²) in [5.41, 5.74) is 10.4. The third-order valence-corrected chi connectivity index (χ3v) is 3.64. The summed E-state index contributed by atoms with van der Waals surface area (Å²) in [5, 5.41) is 0. The van der Waals surface area contributed by atoms with Crippen molar-refractivity contribution in [2.75, 3.05) is 5.73 Å². The van der Waals surface area contributed by atoms with Crippen LogP contribution in [0.1, 0.15) is 18.4 Å². The number of aromatic nitrogens is 1. The van der Waals surface area contributed by atoms with Crippen molar-refractivity contribution in [1.29, 1.82) is 0 Å². The Labute approximate surface area is 118 Å². The summed E-state index contributed by atoms with van der Waals surface area (Å²) in [5.74, 6) is 0.712. The molecule has 1 aromatic carbocycles. The fourth-order valence-corrected chi connectivity index (χ4v) is 2.59. The van der Waals surface area contributed by atoms with E-state index in [9.17, 15) is 0 Å². The van der Waals surface area contributed by atoms with Gasteiger partial charge < -0.3 is 5.73 Å². The Morgan fingerprint density at radius 1 is 1.05 bits per heavy atom. The molecule has 2 aromatic rings. The molecule has 2 N–H and O–H groups in total. The lowest BCUT2D eigenvalue weighted by Gasteiger charge is -2.21. The second-order valence-electron chi connectivity index (χ2n) is 5.15. The lowest BCUT2D eigenvalue weighted by Crippen LogP contribution is -2.11. The van der Waals surface area contributed by atoms with Crippen molar-refractivity contribution in [1.82, 2.24) is 4.98 Å². The summed E-state index contributed by atoms with van der Waals surface area (Å²) in [6.07, 6.45) is 9.58. The average molecular weight is 263 g/mol. The van der Waals surface area contributed by atoms with E-state index in [2.05, 4.69) is 35.1 Å². The molecule has 0 bridgehead atoms. The number of aliphatic imine (C=N–C) groups is 1. The zero-order chi connectivity index (χ0) is 13.9. The van der Waals surface area contributed by atoms with Crippen LogP contribution in [0.2, 0.25) is 0 Å². The maximum atomic E-state index is 6.08. The minimum atomic E-state index is 0.330. The number of allylic oxidation sites excluding steroid dienone is 1. The van der Waals surface area contributed by atoms with Crippen molar-refractivity contribution in [2.45, 2.75) is 12.8 Å². The molecule has 0 aliphatic carbocycles. The maximum absolute atomic E-state index is 6.08. The molecule has 100 valence electrons. The van der Waals surface area contributed by atoms with Gasteiger partial charge in [0.1, 0.15) is 0 Å². The van der Waals surface area contributed by atoms with Gasteiger partial charge in [0.25, 0.3) is 0 Å². The summed E-state index contributed by atoms with van der Waals surface area (Å²) in [6, 6.07) is 10.3. The van der Waals surface area contributed by atoms with Crippen LogP contribution in [-0.4, -0.2) is 11.2 Å². The first kappa shape index (κ1) is 12.6. The molecule has 1 aliphatic rings. The molecule has 2 heterocycles. The van der Waals surface area contributed by atoms with Crippen LogP contribution < -0.4 is 5.73 Å². The number of nitrogens with two attached hydrogens (primary N) is 1. The molecule has 0 spiro atoms. The van der Waals surface area contributed by atoms with Crippen molar-refractivity contribution < 1.29 is 0 Å². The van der Waals surface area contributed by atoms with Crippen molar-refractivity contribution in [3.63, 3.8) is 0 Å². The highest BCUT2D eigenvalue weighted by atomic mass is 14.7. The molecule has 3 heteroatoms. The van der Waals surface area contributed by atoms with Crippen molar-refractivity contribution >= 4 is 11.9 Å². The summed E-state index contributed by atoms with van der Waals surface area (Å²) in [4.78, 5) is 8.25. The van der Waals surface area contributed by atoms with E-state index in [0.717, 1.165) is 16.8 Å². The molecular formula is C17H17N3. The third kappa shape index (κ3) is 2.48.